The van der Waals surface area contributed by atoms with Gasteiger partial charge < -0.3 is 10.2 Å². The van der Waals surface area contributed by atoms with Gasteiger partial charge in [-0.25, -0.2) is 9.97 Å². The average Bonchev–Trinajstić information content (AvgIpc) is 2.66. The molecule has 1 N–H and O–H groups in total. The molecule has 1 aromatic carbocycles. The summed E-state index contributed by atoms with van der Waals surface area (Å²) in [5.74, 6) is 0.444. The van der Waals surface area contributed by atoms with Crippen molar-refractivity contribution in [1.29, 1.82) is 0 Å². The van der Waals surface area contributed by atoms with Gasteiger partial charge in [0.25, 0.3) is 0 Å². The molecular weight excluding hydrogens is 379 g/mol. The highest BCUT2D eigenvalue weighted by Gasteiger charge is 2.45. The number of amides is 1. The first kappa shape index (κ1) is 19.2. The topological polar surface area (TPSA) is 104 Å². The molecule has 0 aliphatic carbocycles. The van der Waals surface area contributed by atoms with Crippen molar-refractivity contribution in [2.24, 2.45) is 0 Å². The quantitative estimate of drug-likeness (QED) is 0.605. The number of nitro groups is 1. The van der Waals surface area contributed by atoms with E-state index < -0.39 is 16.4 Å². The molecule has 0 radical (unpaired) electrons. The van der Waals surface area contributed by atoms with E-state index >= 15 is 0 Å². The molecule has 0 saturated carbocycles. The Balaban J connectivity index is 1.37. The number of aryl methyl sites for hydroxylation is 2. The van der Waals surface area contributed by atoms with Crippen LogP contribution in [0.3, 0.4) is 0 Å². The van der Waals surface area contributed by atoms with Crippen molar-refractivity contribution in [2.75, 3.05) is 29.9 Å². The molecule has 3 aliphatic rings. The Morgan fingerprint density at radius 1 is 1.28 bits per heavy atom. The van der Waals surface area contributed by atoms with Crippen LogP contribution in [-0.2, 0) is 4.79 Å². The van der Waals surface area contributed by atoms with E-state index in [1.165, 1.54) is 6.07 Å². The second-order valence-electron chi connectivity index (χ2n) is 7.51. The molecule has 2 bridgehead atoms. The number of aromatic nitrogens is 2. The molecule has 0 spiro atoms. The van der Waals surface area contributed by atoms with E-state index in [4.69, 9.17) is 0 Å². The summed E-state index contributed by atoms with van der Waals surface area (Å²) in [5, 5.41) is 13.5. The number of piperazine rings is 1. The number of benzene rings is 1. The summed E-state index contributed by atoms with van der Waals surface area (Å²) < 4.78 is 13.4. The Kier molecular flexibility index (Phi) is 4.87. The van der Waals surface area contributed by atoms with Gasteiger partial charge >= 0.3 is 5.69 Å². The SMILES string of the molecule is Cc1cc(N2CC3CC(C2)N3CC(=O)Nc2ccc(F)c([N+](=O)[O-])c2)nc(C)n1. The number of hydrogen-bond donors (Lipinski definition) is 1. The monoisotopic (exact) mass is 400 g/mol. The van der Waals surface area contributed by atoms with Crippen molar-refractivity contribution in [3.05, 3.63) is 51.7 Å². The summed E-state index contributed by atoms with van der Waals surface area (Å²) in [4.78, 5) is 35.6. The smallest absolute Gasteiger partial charge is 0.306 e. The molecule has 3 aliphatic heterocycles. The Morgan fingerprint density at radius 2 is 2.00 bits per heavy atom. The fourth-order valence-electron chi connectivity index (χ4n) is 4.09. The molecule has 4 heterocycles. The molecule has 5 rings (SSSR count). The zero-order valence-corrected chi connectivity index (χ0v) is 16.1. The number of rotatable bonds is 5. The van der Waals surface area contributed by atoms with E-state index in [1.54, 1.807) is 0 Å². The maximum Gasteiger partial charge on any atom is 0.306 e. The molecule has 2 unspecified atom stereocenters. The summed E-state index contributed by atoms with van der Waals surface area (Å²) in [6, 6.07) is 5.80. The molecule has 3 saturated heterocycles. The van der Waals surface area contributed by atoms with Gasteiger partial charge in [0, 0.05) is 48.7 Å². The number of nitrogens with zero attached hydrogens (tertiary/aromatic N) is 5. The van der Waals surface area contributed by atoms with Crippen LogP contribution in [-0.4, -0.2) is 57.4 Å². The number of hydrogen-bond acceptors (Lipinski definition) is 7. The average molecular weight is 400 g/mol. The number of nitro benzene ring substituents is 1. The minimum atomic E-state index is -0.930. The summed E-state index contributed by atoms with van der Waals surface area (Å²) in [5.41, 5.74) is 0.480. The predicted molar refractivity (Wildman–Crippen MR) is 104 cm³/mol. The number of nitrogens with one attached hydrogen (secondary N) is 1. The third kappa shape index (κ3) is 3.88. The van der Waals surface area contributed by atoms with Crippen LogP contribution in [0.2, 0.25) is 0 Å². The van der Waals surface area contributed by atoms with E-state index in [0.29, 0.717) is 0 Å². The Labute approximate surface area is 166 Å². The summed E-state index contributed by atoms with van der Waals surface area (Å²) in [7, 11) is 0. The van der Waals surface area contributed by atoms with E-state index in [1.807, 2.05) is 19.9 Å². The fourth-order valence-corrected chi connectivity index (χ4v) is 4.09. The third-order valence-corrected chi connectivity index (χ3v) is 5.37. The lowest BCUT2D eigenvalue weighted by molar-refractivity contribution is -0.387. The van der Waals surface area contributed by atoms with Crippen molar-refractivity contribution >= 4 is 23.1 Å². The van der Waals surface area contributed by atoms with Crippen LogP contribution in [0.15, 0.2) is 24.3 Å². The third-order valence-electron chi connectivity index (χ3n) is 5.37. The van der Waals surface area contributed by atoms with Crippen molar-refractivity contribution in [2.45, 2.75) is 32.4 Å². The largest absolute Gasteiger partial charge is 0.353 e. The van der Waals surface area contributed by atoms with Crippen LogP contribution in [0, 0.1) is 29.8 Å². The number of fused-ring (bicyclic) bond motifs is 2. The number of carbonyl (C=O) groups is 1. The van der Waals surface area contributed by atoms with Crippen LogP contribution in [0.4, 0.5) is 21.6 Å². The van der Waals surface area contributed by atoms with Gasteiger partial charge in [-0.05, 0) is 32.4 Å². The minimum Gasteiger partial charge on any atom is -0.353 e. The van der Waals surface area contributed by atoms with E-state index in [9.17, 15) is 19.3 Å². The van der Waals surface area contributed by atoms with E-state index in [0.717, 1.165) is 49.0 Å². The number of piperidine rings is 1. The van der Waals surface area contributed by atoms with Crippen molar-refractivity contribution < 1.29 is 14.1 Å². The summed E-state index contributed by atoms with van der Waals surface area (Å²) >= 11 is 0. The van der Waals surface area contributed by atoms with Crippen LogP contribution in [0.1, 0.15) is 17.9 Å². The Morgan fingerprint density at radius 3 is 2.66 bits per heavy atom. The number of anilines is 2. The predicted octanol–water partition coefficient (Wildman–Crippen LogP) is 2.04. The van der Waals surface area contributed by atoms with Gasteiger partial charge in [0.1, 0.15) is 11.6 Å². The van der Waals surface area contributed by atoms with Crippen LogP contribution < -0.4 is 10.2 Å². The lowest BCUT2D eigenvalue weighted by Crippen LogP contribution is -2.69. The highest BCUT2D eigenvalue weighted by atomic mass is 19.1. The summed E-state index contributed by atoms with van der Waals surface area (Å²) in [6.07, 6.45) is 1.02. The zero-order chi connectivity index (χ0) is 20.7. The minimum absolute atomic E-state index is 0.191. The van der Waals surface area contributed by atoms with Crippen molar-refractivity contribution in [3.63, 3.8) is 0 Å². The van der Waals surface area contributed by atoms with Crippen LogP contribution >= 0.6 is 0 Å². The van der Waals surface area contributed by atoms with Gasteiger partial charge in [-0.3, -0.25) is 19.8 Å². The molecule has 3 fully saturated rings. The first-order valence-electron chi connectivity index (χ1n) is 9.37. The normalized spacial score (nSPS) is 20.9. The number of carbonyl (C=O) groups excluding carboxylic acids is 1. The second-order valence-corrected chi connectivity index (χ2v) is 7.51. The molecule has 152 valence electrons. The summed E-state index contributed by atoms with van der Waals surface area (Å²) in [6.45, 7) is 5.57. The lowest BCUT2D eigenvalue weighted by atomic mass is 9.87. The molecule has 1 aromatic heterocycles. The van der Waals surface area contributed by atoms with Crippen LogP contribution in [0.25, 0.3) is 0 Å². The van der Waals surface area contributed by atoms with Gasteiger partial charge in [-0.2, -0.15) is 4.39 Å². The maximum atomic E-state index is 13.4. The van der Waals surface area contributed by atoms with E-state index in [-0.39, 0.29) is 30.2 Å². The van der Waals surface area contributed by atoms with Gasteiger partial charge in [0.05, 0.1) is 11.5 Å². The molecule has 1 amide bonds. The fraction of sp³-hybridized carbons (Fsp3) is 0.421. The second kappa shape index (κ2) is 7.36. The molecular formula is C19H21FN6O3. The van der Waals surface area contributed by atoms with Gasteiger partial charge in [-0.15, -0.1) is 0 Å². The molecule has 2 aromatic rings. The molecule has 10 heteroatoms. The van der Waals surface area contributed by atoms with Gasteiger partial charge in [0.15, 0.2) is 0 Å². The first-order valence-corrected chi connectivity index (χ1v) is 9.37. The molecule has 9 nitrogen and oxygen atoms in total. The highest BCUT2D eigenvalue weighted by Crippen LogP contribution is 2.34. The standard InChI is InChI=1S/C19H21FN6O3/c1-11-5-18(22-12(2)21-11)24-8-14-7-15(9-24)25(14)10-19(27)23-13-3-4-16(20)17(6-13)26(28)29/h3-6,14-15H,7-10H2,1-2H3,(H,23,27). The number of halogens is 1. The molecule has 29 heavy (non-hydrogen) atoms. The van der Waals surface area contributed by atoms with E-state index in [2.05, 4.69) is 25.1 Å². The lowest BCUT2D eigenvalue weighted by Gasteiger charge is -2.56. The van der Waals surface area contributed by atoms with Crippen molar-refractivity contribution in [1.82, 2.24) is 14.9 Å². The molecule has 2 atom stereocenters. The Hall–Kier alpha value is -3.14. The first-order chi connectivity index (χ1) is 13.8. The zero-order valence-electron chi connectivity index (χ0n) is 16.1. The van der Waals surface area contributed by atoms with Gasteiger partial charge in [-0.1, -0.05) is 0 Å². The Bertz CT molecular complexity index is 952. The van der Waals surface area contributed by atoms with Crippen LogP contribution in [0.5, 0.6) is 0 Å². The van der Waals surface area contributed by atoms with Gasteiger partial charge in [0.2, 0.25) is 11.7 Å². The maximum absolute atomic E-state index is 13.4. The van der Waals surface area contributed by atoms with Crippen molar-refractivity contribution in [3.8, 4) is 0 Å². The highest BCUT2D eigenvalue weighted by molar-refractivity contribution is 5.92.